The molecular weight excluding hydrogens is 769 g/mol. The maximum absolute atomic E-state index is 12.9. The summed E-state index contributed by atoms with van der Waals surface area (Å²) in [4.78, 5) is 36.0. The van der Waals surface area contributed by atoms with Gasteiger partial charge in [-0.15, -0.1) is 0 Å². The fourth-order valence-corrected chi connectivity index (χ4v) is 9.06. The summed E-state index contributed by atoms with van der Waals surface area (Å²) in [5.41, 5.74) is 6.95. The largest absolute Gasteiger partial charge is 0.423 e. The highest BCUT2D eigenvalue weighted by Gasteiger charge is 2.30. The van der Waals surface area contributed by atoms with Gasteiger partial charge >= 0.3 is 11.9 Å². The molecule has 8 heteroatoms. The Labute approximate surface area is 367 Å². The van der Waals surface area contributed by atoms with Crippen LogP contribution in [0.2, 0.25) is 0 Å². The van der Waals surface area contributed by atoms with Crippen molar-refractivity contribution in [3.8, 4) is 11.5 Å². The van der Waals surface area contributed by atoms with Crippen molar-refractivity contribution in [2.75, 3.05) is 36.0 Å². The van der Waals surface area contributed by atoms with Crippen LogP contribution in [-0.2, 0) is 22.4 Å². The van der Waals surface area contributed by atoms with E-state index in [1.165, 1.54) is 61.3 Å². The van der Waals surface area contributed by atoms with Crippen molar-refractivity contribution in [2.24, 2.45) is 0 Å². The van der Waals surface area contributed by atoms with Crippen LogP contribution >= 0.6 is 0 Å². The molecule has 8 rings (SSSR count). The molecule has 2 fully saturated rings. The lowest BCUT2D eigenvalue weighted by atomic mass is 10.0. The van der Waals surface area contributed by atoms with Crippen molar-refractivity contribution in [1.29, 1.82) is 0 Å². The molecule has 0 amide bonds. The van der Waals surface area contributed by atoms with Crippen LogP contribution in [0, 0.1) is 0 Å². The summed E-state index contributed by atoms with van der Waals surface area (Å²) in [7, 11) is 0. The van der Waals surface area contributed by atoms with Gasteiger partial charge in [0.15, 0.2) is 0 Å². The molecule has 8 nitrogen and oxygen atoms in total. The van der Waals surface area contributed by atoms with Crippen molar-refractivity contribution < 1.29 is 19.1 Å². The van der Waals surface area contributed by atoms with Crippen molar-refractivity contribution in [3.05, 3.63) is 181 Å². The van der Waals surface area contributed by atoms with E-state index in [4.69, 9.17) is 9.47 Å². The molecule has 2 heterocycles. The number of rotatable bonds is 16. The molecule has 0 N–H and O–H groups in total. The zero-order chi connectivity index (χ0) is 42.4. The van der Waals surface area contributed by atoms with Crippen LogP contribution in [0.25, 0.3) is 0 Å². The van der Waals surface area contributed by atoms with Gasteiger partial charge in [-0.1, -0.05) is 110 Å². The van der Waals surface area contributed by atoms with E-state index in [1.807, 2.05) is 24.3 Å². The molecule has 2 saturated heterocycles. The van der Waals surface area contributed by atoms with E-state index >= 15 is 0 Å². The second-order valence-corrected chi connectivity index (χ2v) is 16.4. The predicted octanol–water partition coefficient (Wildman–Crippen LogP) is 11.4. The van der Waals surface area contributed by atoms with Crippen molar-refractivity contribution in [1.82, 2.24) is 9.80 Å². The first-order valence-corrected chi connectivity index (χ1v) is 22.5. The average Bonchev–Trinajstić information content (AvgIpc) is 3.34. The zero-order valence-electron chi connectivity index (χ0n) is 35.6. The summed E-state index contributed by atoms with van der Waals surface area (Å²) in [5, 5.41) is 0. The standard InChI is InChI=1S/C54H58N4O4/c59-53(61-49-33-27-43(28-34-49)31-37-51(55-39-15-5-16-40-55)57(45-19-7-1-8-20-45)46-21-9-2-10-22-46)54(60)62-50-35-29-44(30-36-50)32-38-52(56-41-17-6-18-42-56)58(47-23-11-3-12-24-47)48-25-13-4-14-26-48/h1-4,7-14,19-30,33-36,51-52H,5-6,15-18,31-32,37-42H2. The molecule has 0 aromatic heterocycles. The number of hydrogen-bond acceptors (Lipinski definition) is 8. The summed E-state index contributed by atoms with van der Waals surface area (Å²) in [6.07, 6.45) is 11.2. The molecule has 0 radical (unpaired) electrons. The molecule has 0 spiro atoms. The molecule has 6 aromatic rings. The van der Waals surface area contributed by atoms with Gasteiger partial charge in [0.05, 0.1) is 12.3 Å². The minimum absolute atomic E-state index is 0.169. The summed E-state index contributed by atoms with van der Waals surface area (Å²) in [6, 6.07) is 57.5. The lowest BCUT2D eigenvalue weighted by Gasteiger charge is -2.43. The molecule has 6 aromatic carbocycles. The number of nitrogens with zero attached hydrogens (tertiary/aromatic N) is 4. The van der Waals surface area contributed by atoms with Gasteiger partial charge in [0.1, 0.15) is 11.5 Å². The van der Waals surface area contributed by atoms with Crippen molar-refractivity contribution in [3.63, 3.8) is 0 Å². The first-order chi connectivity index (χ1) is 30.6. The second-order valence-electron chi connectivity index (χ2n) is 16.4. The summed E-state index contributed by atoms with van der Waals surface area (Å²) in [6.45, 7) is 4.27. The maximum atomic E-state index is 12.9. The van der Waals surface area contributed by atoms with E-state index in [-0.39, 0.29) is 12.3 Å². The second kappa shape index (κ2) is 21.5. The molecular formula is C54H58N4O4. The fraction of sp³-hybridized carbons (Fsp3) is 0.296. The van der Waals surface area contributed by atoms with Gasteiger partial charge in [-0.05, 0) is 135 Å². The SMILES string of the molecule is O=C(Oc1ccc(CCC(N2CCCCC2)N(c2ccccc2)c2ccccc2)cc1)C(=O)Oc1ccc(CCC(N2CCCCC2)N(c2ccccc2)c2ccccc2)cc1. The Kier molecular flexibility index (Phi) is 14.7. The molecule has 0 saturated carbocycles. The molecule has 62 heavy (non-hydrogen) atoms. The highest BCUT2D eigenvalue weighted by atomic mass is 16.6. The third-order valence-electron chi connectivity index (χ3n) is 12.2. The maximum Gasteiger partial charge on any atom is 0.423 e. The quantitative estimate of drug-likeness (QED) is 0.0543. The van der Waals surface area contributed by atoms with E-state index in [1.54, 1.807) is 24.3 Å². The van der Waals surface area contributed by atoms with Crippen LogP contribution in [0.1, 0.15) is 62.5 Å². The van der Waals surface area contributed by atoms with Gasteiger partial charge in [0.25, 0.3) is 0 Å². The Morgan fingerprint density at radius 3 is 0.984 bits per heavy atom. The number of anilines is 4. The summed E-state index contributed by atoms with van der Waals surface area (Å²) < 4.78 is 11.0. The van der Waals surface area contributed by atoms with E-state index in [0.29, 0.717) is 11.5 Å². The normalized spacial score (nSPS) is 15.5. The van der Waals surface area contributed by atoms with Crippen LogP contribution in [0.4, 0.5) is 22.7 Å². The molecule has 2 unspecified atom stereocenters. The number of hydrogen-bond donors (Lipinski definition) is 0. The first kappa shape index (κ1) is 42.5. The number of benzene rings is 6. The lowest BCUT2D eigenvalue weighted by molar-refractivity contribution is -0.156. The van der Waals surface area contributed by atoms with Gasteiger partial charge in [0.2, 0.25) is 0 Å². The van der Waals surface area contributed by atoms with Crippen molar-refractivity contribution >= 4 is 34.7 Å². The number of esters is 2. The topological polar surface area (TPSA) is 65.6 Å². The summed E-state index contributed by atoms with van der Waals surface area (Å²) >= 11 is 0. The average molecular weight is 827 g/mol. The number of piperidine rings is 2. The third kappa shape index (κ3) is 11.2. The number of likely N-dealkylation sites (tertiary alicyclic amines) is 2. The van der Waals surface area contributed by atoms with E-state index in [2.05, 4.69) is 141 Å². The molecule has 0 bridgehead atoms. The van der Waals surface area contributed by atoms with Crippen LogP contribution in [0.3, 0.4) is 0 Å². The van der Waals surface area contributed by atoms with Crippen LogP contribution < -0.4 is 19.3 Å². The van der Waals surface area contributed by atoms with Gasteiger partial charge in [-0.2, -0.15) is 0 Å². The molecule has 2 atom stereocenters. The third-order valence-corrected chi connectivity index (χ3v) is 12.2. The number of ether oxygens (including phenoxy) is 2. The Hall–Kier alpha value is -6.22. The summed E-state index contributed by atoms with van der Waals surface area (Å²) in [5.74, 6) is -1.51. The number of para-hydroxylation sites is 4. The molecule has 318 valence electrons. The Bertz CT molecular complexity index is 2020. The van der Waals surface area contributed by atoms with Gasteiger partial charge < -0.3 is 19.3 Å². The Morgan fingerprint density at radius 2 is 0.694 bits per heavy atom. The minimum Gasteiger partial charge on any atom is -0.418 e. The van der Waals surface area contributed by atoms with Crippen LogP contribution in [0.5, 0.6) is 11.5 Å². The highest BCUT2D eigenvalue weighted by Crippen LogP contribution is 2.34. The molecule has 2 aliphatic heterocycles. The Balaban J connectivity index is 0.872. The number of carbonyl (C=O) groups is 2. The van der Waals surface area contributed by atoms with Gasteiger partial charge in [0, 0.05) is 48.9 Å². The van der Waals surface area contributed by atoms with Crippen LogP contribution in [-0.4, -0.2) is 60.2 Å². The number of carbonyl (C=O) groups excluding carboxylic acids is 2. The van der Waals surface area contributed by atoms with E-state index in [0.717, 1.165) is 63.0 Å². The molecule has 2 aliphatic rings. The van der Waals surface area contributed by atoms with E-state index in [9.17, 15) is 9.59 Å². The predicted molar refractivity (Wildman–Crippen MR) is 249 cm³/mol. The smallest absolute Gasteiger partial charge is 0.418 e. The van der Waals surface area contributed by atoms with E-state index < -0.39 is 11.9 Å². The zero-order valence-corrected chi connectivity index (χ0v) is 35.6. The lowest BCUT2D eigenvalue weighted by Crippen LogP contribution is -2.49. The molecule has 0 aliphatic carbocycles. The van der Waals surface area contributed by atoms with Gasteiger partial charge in [-0.25, -0.2) is 9.59 Å². The van der Waals surface area contributed by atoms with Crippen molar-refractivity contribution in [2.45, 2.75) is 76.5 Å². The van der Waals surface area contributed by atoms with Gasteiger partial charge in [-0.3, -0.25) is 9.80 Å². The highest BCUT2D eigenvalue weighted by molar-refractivity contribution is 6.31. The first-order valence-electron chi connectivity index (χ1n) is 22.5. The van der Waals surface area contributed by atoms with Crippen LogP contribution in [0.15, 0.2) is 170 Å². The minimum atomic E-state index is -1.06. The number of aryl methyl sites for hydroxylation is 2. The monoisotopic (exact) mass is 826 g/mol. The fourth-order valence-electron chi connectivity index (χ4n) is 9.06. The Morgan fingerprint density at radius 1 is 0.403 bits per heavy atom.